The fraction of sp³-hybridized carbons (Fsp3) is 0. The molecule has 0 aliphatic rings. The highest BCUT2D eigenvalue weighted by atomic mass is 127. The van der Waals surface area contributed by atoms with Crippen LogP contribution in [0.25, 0.3) is 0 Å². The molecule has 0 spiro atoms. The number of phenolic OH excluding ortho intramolecular Hbond substituents is 3. The minimum absolute atomic E-state index is 0.324. The second-order valence-electron chi connectivity index (χ2n) is 4.70. The molecule has 10 heteroatoms. The van der Waals surface area contributed by atoms with E-state index in [1.54, 1.807) is 36.4 Å². The van der Waals surface area contributed by atoms with Gasteiger partial charge in [-0.15, -0.1) is 0 Å². The van der Waals surface area contributed by atoms with Crippen LogP contribution in [-0.4, -0.2) is 30.0 Å². The molecule has 6 nitrogen and oxygen atoms in total. The summed E-state index contributed by atoms with van der Waals surface area (Å²) >= 11 is 6.56. The first-order valence-corrected chi connectivity index (χ1v) is 11.7. The summed E-state index contributed by atoms with van der Waals surface area (Å²) in [6, 6.07) is 21.2. The molecule has 3 aromatic rings. The summed E-state index contributed by atoms with van der Waals surface area (Å²) in [5, 5.41) is 26.3. The standard InChI is InChI=1S/3C6H5IO.H3O3P/c3*7-5-1-3-6(8)4-2-5;1-4(2)3/h3*1-4,8H;1-3H. The maximum absolute atomic E-state index is 8.75. The second-order valence-corrected chi connectivity index (χ2v) is 8.97. The highest BCUT2D eigenvalue weighted by Crippen LogP contribution is 2.12. The van der Waals surface area contributed by atoms with Crippen LogP contribution in [0.15, 0.2) is 72.8 Å². The van der Waals surface area contributed by atoms with Crippen LogP contribution in [-0.2, 0) is 0 Å². The zero-order valence-electron chi connectivity index (χ0n) is 14.2. The van der Waals surface area contributed by atoms with Gasteiger partial charge < -0.3 is 30.0 Å². The molecule has 152 valence electrons. The van der Waals surface area contributed by atoms with Gasteiger partial charge in [0.05, 0.1) is 0 Å². The van der Waals surface area contributed by atoms with Gasteiger partial charge in [-0.2, -0.15) is 0 Å². The van der Waals surface area contributed by atoms with Crippen LogP contribution >= 0.6 is 76.4 Å². The maximum Gasteiger partial charge on any atom is 0.324 e. The summed E-state index contributed by atoms with van der Waals surface area (Å²) in [6.45, 7) is 0. The van der Waals surface area contributed by atoms with Crippen LogP contribution in [0.5, 0.6) is 17.2 Å². The molecule has 0 heterocycles. The summed E-state index contributed by atoms with van der Waals surface area (Å²) in [4.78, 5) is 21.7. The third kappa shape index (κ3) is 17.6. The lowest BCUT2D eigenvalue weighted by Gasteiger charge is -1.87. The van der Waals surface area contributed by atoms with Crippen molar-refractivity contribution in [2.24, 2.45) is 0 Å². The lowest BCUT2D eigenvalue weighted by molar-refractivity contribution is 0.368. The number of hydrogen-bond donors (Lipinski definition) is 6. The lowest BCUT2D eigenvalue weighted by atomic mass is 10.3. The van der Waals surface area contributed by atoms with Crippen molar-refractivity contribution < 1.29 is 30.0 Å². The van der Waals surface area contributed by atoms with Gasteiger partial charge in [0.25, 0.3) is 0 Å². The fourth-order valence-corrected chi connectivity index (χ4v) is 2.40. The van der Waals surface area contributed by atoms with Gasteiger partial charge in [0, 0.05) is 10.7 Å². The van der Waals surface area contributed by atoms with Crippen LogP contribution in [0, 0.1) is 10.7 Å². The predicted molar refractivity (Wildman–Crippen MR) is 136 cm³/mol. The average molecular weight is 742 g/mol. The molecular weight excluding hydrogens is 724 g/mol. The highest BCUT2D eigenvalue weighted by molar-refractivity contribution is 14.1. The molecule has 0 radical (unpaired) electrons. The predicted octanol–water partition coefficient (Wildman–Crippen LogP) is 5.18. The van der Waals surface area contributed by atoms with Crippen LogP contribution in [0.4, 0.5) is 0 Å². The van der Waals surface area contributed by atoms with E-state index < -0.39 is 8.60 Å². The molecule has 0 saturated heterocycles. The normalized spacial score (nSPS) is 9.11. The minimum Gasteiger partial charge on any atom is -0.508 e. The molecule has 0 saturated carbocycles. The number of rotatable bonds is 0. The van der Waals surface area contributed by atoms with Gasteiger partial charge in [-0.25, -0.2) is 0 Å². The number of benzene rings is 3. The zero-order valence-corrected chi connectivity index (χ0v) is 21.6. The first kappa shape index (κ1) is 27.6. The molecule has 28 heavy (non-hydrogen) atoms. The van der Waals surface area contributed by atoms with E-state index in [1.807, 2.05) is 36.4 Å². The molecule has 0 aliphatic heterocycles. The van der Waals surface area contributed by atoms with Crippen molar-refractivity contribution in [3.63, 3.8) is 0 Å². The van der Waals surface area contributed by atoms with Crippen molar-refractivity contribution in [1.29, 1.82) is 0 Å². The van der Waals surface area contributed by atoms with Crippen molar-refractivity contribution in [3.8, 4) is 17.2 Å². The summed E-state index contributed by atoms with van der Waals surface area (Å²) < 4.78 is 3.42. The van der Waals surface area contributed by atoms with Gasteiger partial charge in [0.15, 0.2) is 0 Å². The van der Waals surface area contributed by atoms with Gasteiger partial charge in [0.1, 0.15) is 17.2 Å². The van der Waals surface area contributed by atoms with E-state index in [-0.39, 0.29) is 0 Å². The number of aromatic hydroxyl groups is 3. The number of phenols is 3. The second kappa shape index (κ2) is 16.4. The van der Waals surface area contributed by atoms with E-state index in [2.05, 4.69) is 67.8 Å². The van der Waals surface area contributed by atoms with Crippen molar-refractivity contribution in [2.75, 3.05) is 0 Å². The van der Waals surface area contributed by atoms with Gasteiger partial charge in [-0.1, -0.05) is 0 Å². The third-order valence-electron chi connectivity index (χ3n) is 2.48. The van der Waals surface area contributed by atoms with Crippen molar-refractivity contribution in [2.45, 2.75) is 0 Å². The molecule has 0 fully saturated rings. The quantitative estimate of drug-likeness (QED) is 0.140. The highest BCUT2D eigenvalue weighted by Gasteiger charge is 1.85. The molecule has 0 aliphatic carbocycles. The van der Waals surface area contributed by atoms with Crippen LogP contribution < -0.4 is 0 Å². The number of hydrogen-bond acceptors (Lipinski definition) is 6. The summed E-state index contributed by atoms with van der Waals surface area (Å²) in [6.07, 6.45) is 0. The Bertz CT molecular complexity index is 600. The van der Waals surface area contributed by atoms with Crippen molar-refractivity contribution in [3.05, 3.63) is 83.5 Å². The molecule has 3 rings (SSSR count). The third-order valence-corrected chi connectivity index (χ3v) is 4.64. The van der Waals surface area contributed by atoms with Gasteiger partial charge in [-0.3, -0.25) is 0 Å². The first-order chi connectivity index (χ1) is 13.1. The van der Waals surface area contributed by atoms with E-state index in [4.69, 9.17) is 30.0 Å². The first-order valence-electron chi connectivity index (χ1n) is 7.30. The van der Waals surface area contributed by atoms with Crippen LogP contribution in [0.3, 0.4) is 0 Å². The van der Waals surface area contributed by atoms with Crippen LogP contribution in [0.2, 0.25) is 0 Å². The molecule has 0 aromatic heterocycles. The van der Waals surface area contributed by atoms with E-state index in [0.29, 0.717) is 17.2 Å². The van der Waals surface area contributed by atoms with Gasteiger partial charge >= 0.3 is 8.60 Å². The Morgan fingerprint density at radius 1 is 0.429 bits per heavy atom. The van der Waals surface area contributed by atoms with E-state index >= 15 is 0 Å². The largest absolute Gasteiger partial charge is 0.508 e. The Hall–Kier alpha value is -0.440. The smallest absolute Gasteiger partial charge is 0.324 e. The molecule has 0 unspecified atom stereocenters. The van der Waals surface area contributed by atoms with E-state index in [9.17, 15) is 0 Å². The van der Waals surface area contributed by atoms with Crippen molar-refractivity contribution in [1.82, 2.24) is 0 Å². The average Bonchev–Trinajstić information content (AvgIpc) is 2.63. The zero-order chi connectivity index (χ0) is 21.5. The van der Waals surface area contributed by atoms with Gasteiger partial charge in [-0.05, 0) is 141 Å². The Balaban J connectivity index is 0.000000358. The van der Waals surface area contributed by atoms with E-state index in [1.165, 1.54) is 0 Å². The monoisotopic (exact) mass is 742 g/mol. The Labute approximate surface area is 205 Å². The molecule has 0 amide bonds. The molecule has 0 atom stereocenters. The Morgan fingerprint density at radius 2 is 0.571 bits per heavy atom. The van der Waals surface area contributed by atoms with Crippen LogP contribution in [0.1, 0.15) is 0 Å². The summed E-state index contributed by atoms with van der Waals surface area (Å²) in [5.74, 6) is 0.973. The molecular formula is C18H18I3O6P. The fourth-order valence-electron chi connectivity index (χ4n) is 1.32. The SMILES string of the molecule is OP(O)O.Oc1ccc(I)cc1.Oc1ccc(I)cc1.Oc1ccc(I)cc1. The maximum atomic E-state index is 8.75. The van der Waals surface area contributed by atoms with E-state index in [0.717, 1.165) is 10.7 Å². The molecule has 6 N–H and O–H groups in total. The Morgan fingerprint density at radius 3 is 0.679 bits per heavy atom. The lowest BCUT2D eigenvalue weighted by Crippen LogP contribution is -1.65. The summed E-state index contributed by atoms with van der Waals surface area (Å²) in [7, 11) is -2.62. The van der Waals surface area contributed by atoms with Gasteiger partial charge in [0.2, 0.25) is 0 Å². The number of halogens is 3. The Kier molecular flexibility index (Phi) is 16.1. The molecule has 3 aromatic carbocycles. The van der Waals surface area contributed by atoms with Crippen molar-refractivity contribution >= 4 is 76.4 Å². The molecule has 0 bridgehead atoms. The minimum atomic E-state index is -2.62. The topological polar surface area (TPSA) is 121 Å². The summed E-state index contributed by atoms with van der Waals surface area (Å²) in [5.41, 5.74) is 0.